The molecule has 9 heteroatoms. The number of amides is 1. The van der Waals surface area contributed by atoms with Gasteiger partial charge in [0.1, 0.15) is 5.82 Å². The molecule has 144 valence electrons. The van der Waals surface area contributed by atoms with Crippen LogP contribution in [0.2, 0.25) is 10.0 Å². The summed E-state index contributed by atoms with van der Waals surface area (Å²) in [5.74, 6) is -0.564. The molecule has 0 radical (unpaired) electrons. The highest BCUT2D eigenvalue weighted by molar-refractivity contribution is 6.42. The van der Waals surface area contributed by atoms with Crippen molar-refractivity contribution < 1.29 is 4.79 Å². The molecule has 0 spiro atoms. The smallest absolute Gasteiger partial charge is 0.330 e. The molecule has 1 aromatic heterocycles. The molecule has 0 fully saturated rings. The van der Waals surface area contributed by atoms with Crippen molar-refractivity contribution in [2.24, 2.45) is 0 Å². The Labute approximate surface area is 166 Å². The maximum Gasteiger partial charge on any atom is 0.330 e. The second-order valence-corrected chi connectivity index (χ2v) is 6.66. The number of carbonyl (C=O) groups is 1. The summed E-state index contributed by atoms with van der Waals surface area (Å²) in [6.45, 7) is 2.32. The van der Waals surface area contributed by atoms with E-state index in [0.717, 1.165) is 11.3 Å². The van der Waals surface area contributed by atoms with Crippen LogP contribution in [0.1, 0.15) is 25.3 Å². The molecule has 2 aromatic rings. The zero-order valence-corrected chi connectivity index (χ0v) is 16.5. The summed E-state index contributed by atoms with van der Waals surface area (Å²) >= 11 is 12.0. The first kappa shape index (κ1) is 20.8. The largest absolute Gasteiger partial charge is 0.383 e. The zero-order chi connectivity index (χ0) is 20.1. The quantitative estimate of drug-likeness (QED) is 0.714. The van der Waals surface area contributed by atoms with Crippen LogP contribution in [0.25, 0.3) is 6.08 Å². The van der Waals surface area contributed by atoms with Gasteiger partial charge >= 0.3 is 5.69 Å². The summed E-state index contributed by atoms with van der Waals surface area (Å²) in [7, 11) is 1.40. The second-order valence-electron chi connectivity index (χ2n) is 5.87. The first-order valence-electron chi connectivity index (χ1n) is 8.30. The van der Waals surface area contributed by atoms with Crippen LogP contribution >= 0.6 is 23.2 Å². The van der Waals surface area contributed by atoms with Crippen molar-refractivity contribution in [3.05, 3.63) is 60.7 Å². The Morgan fingerprint density at radius 2 is 2.04 bits per heavy atom. The van der Waals surface area contributed by atoms with Crippen molar-refractivity contribution in [3.63, 3.8) is 0 Å². The number of aromatic nitrogens is 2. The highest BCUT2D eigenvalue weighted by atomic mass is 35.5. The highest BCUT2D eigenvalue weighted by Gasteiger charge is 2.19. The van der Waals surface area contributed by atoms with Gasteiger partial charge in [0.15, 0.2) is 5.69 Å². The number of carbonyl (C=O) groups excluding carboxylic acids is 1. The minimum Gasteiger partial charge on any atom is -0.383 e. The molecule has 3 N–H and O–H groups in total. The Balaban J connectivity index is 2.36. The van der Waals surface area contributed by atoms with Gasteiger partial charge in [0.25, 0.3) is 11.5 Å². The molecule has 1 aromatic carbocycles. The normalized spacial score (nSPS) is 11.1. The number of H-pyrrole nitrogens is 1. The summed E-state index contributed by atoms with van der Waals surface area (Å²) in [6, 6.07) is 5.04. The lowest BCUT2D eigenvalue weighted by atomic mass is 10.2. The topological polar surface area (TPSA) is 101 Å². The third-order valence-electron chi connectivity index (χ3n) is 4.00. The summed E-state index contributed by atoms with van der Waals surface area (Å²) in [6.07, 6.45) is 4.29. The van der Waals surface area contributed by atoms with E-state index in [-0.39, 0.29) is 11.5 Å². The fourth-order valence-electron chi connectivity index (χ4n) is 2.47. The van der Waals surface area contributed by atoms with E-state index in [4.69, 9.17) is 28.9 Å². The molecular formula is C18H20Cl2N4O3. The first-order chi connectivity index (χ1) is 12.8. The van der Waals surface area contributed by atoms with E-state index in [0.29, 0.717) is 28.6 Å². The fourth-order valence-corrected chi connectivity index (χ4v) is 2.84. The molecule has 0 atom stereocenters. The molecule has 1 amide bonds. The van der Waals surface area contributed by atoms with Crippen molar-refractivity contribution in [2.45, 2.75) is 26.3 Å². The lowest BCUT2D eigenvalue weighted by Gasteiger charge is -2.19. The van der Waals surface area contributed by atoms with Crippen molar-refractivity contribution in [3.8, 4) is 0 Å². The van der Waals surface area contributed by atoms with Gasteiger partial charge in [-0.3, -0.25) is 19.1 Å². The maximum absolute atomic E-state index is 12.5. The van der Waals surface area contributed by atoms with Gasteiger partial charge < -0.3 is 10.6 Å². The van der Waals surface area contributed by atoms with Gasteiger partial charge in [0, 0.05) is 19.7 Å². The predicted molar refractivity (Wildman–Crippen MR) is 110 cm³/mol. The number of nitrogens with two attached hydrogens (primary N) is 1. The lowest BCUT2D eigenvalue weighted by Crippen LogP contribution is -2.38. The number of nitrogen functional groups attached to an aromatic ring is 1. The van der Waals surface area contributed by atoms with E-state index in [2.05, 4.69) is 4.98 Å². The van der Waals surface area contributed by atoms with E-state index >= 15 is 0 Å². The summed E-state index contributed by atoms with van der Waals surface area (Å²) in [5.41, 5.74) is 5.15. The van der Waals surface area contributed by atoms with Crippen molar-refractivity contribution in [1.82, 2.24) is 9.55 Å². The van der Waals surface area contributed by atoms with E-state index in [1.165, 1.54) is 23.8 Å². The minimum absolute atomic E-state index is 0.0535. The Morgan fingerprint density at radius 3 is 2.70 bits per heavy atom. The first-order valence-corrected chi connectivity index (χ1v) is 9.05. The van der Waals surface area contributed by atoms with E-state index in [9.17, 15) is 14.4 Å². The van der Waals surface area contributed by atoms with Crippen molar-refractivity contribution >= 4 is 46.7 Å². The van der Waals surface area contributed by atoms with Gasteiger partial charge in [-0.1, -0.05) is 48.7 Å². The van der Waals surface area contributed by atoms with E-state index in [1.807, 2.05) is 6.92 Å². The Morgan fingerprint density at radius 1 is 1.33 bits per heavy atom. The number of halogens is 2. The molecule has 7 nitrogen and oxygen atoms in total. The molecule has 0 saturated carbocycles. The van der Waals surface area contributed by atoms with Gasteiger partial charge in [-0.2, -0.15) is 0 Å². The van der Waals surface area contributed by atoms with Crippen molar-refractivity contribution in [2.75, 3.05) is 17.7 Å². The number of benzene rings is 1. The number of unbranched alkanes of at least 4 members (excludes halogenated alkanes) is 1. The van der Waals surface area contributed by atoms with Crippen LogP contribution in [0.4, 0.5) is 11.5 Å². The number of hydrogen-bond acceptors (Lipinski definition) is 4. The lowest BCUT2D eigenvalue weighted by molar-refractivity contribution is -0.113. The molecular weight excluding hydrogens is 391 g/mol. The van der Waals surface area contributed by atoms with E-state index in [1.54, 1.807) is 18.2 Å². The van der Waals surface area contributed by atoms with Gasteiger partial charge in [-0.05, 0) is 24.1 Å². The zero-order valence-electron chi connectivity index (χ0n) is 15.0. The predicted octanol–water partition coefficient (Wildman–Crippen LogP) is 2.90. The molecule has 0 saturated heterocycles. The minimum atomic E-state index is -0.727. The number of anilines is 2. The van der Waals surface area contributed by atoms with Gasteiger partial charge in [0.05, 0.1) is 10.0 Å². The molecule has 1 heterocycles. The molecule has 0 bridgehead atoms. The maximum atomic E-state index is 12.5. The van der Waals surface area contributed by atoms with Gasteiger partial charge in [-0.15, -0.1) is 0 Å². The summed E-state index contributed by atoms with van der Waals surface area (Å²) < 4.78 is 1.25. The number of nitrogens with one attached hydrogen (secondary N) is 1. The number of nitrogens with zero attached hydrogens (tertiary/aromatic N) is 2. The molecule has 0 aliphatic rings. The monoisotopic (exact) mass is 410 g/mol. The molecule has 27 heavy (non-hydrogen) atoms. The number of likely N-dealkylation sites (N-methyl/N-ethyl adjacent to an activating group) is 1. The molecule has 0 aliphatic heterocycles. The molecule has 0 aliphatic carbocycles. The fraction of sp³-hybridized carbons (Fsp3) is 0.278. The Kier molecular flexibility index (Phi) is 6.87. The number of hydrogen-bond donors (Lipinski definition) is 2. The number of aromatic amines is 1. The van der Waals surface area contributed by atoms with Crippen LogP contribution in [0.5, 0.6) is 0 Å². The third kappa shape index (κ3) is 4.61. The Hall–Kier alpha value is -2.51. The second kappa shape index (κ2) is 8.92. The average molecular weight is 411 g/mol. The Bertz CT molecular complexity index is 995. The van der Waals surface area contributed by atoms with Crippen LogP contribution in [-0.4, -0.2) is 22.5 Å². The highest BCUT2D eigenvalue weighted by Crippen LogP contribution is 2.26. The molecule has 0 unspecified atom stereocenters. The van der Waals surface area contributed by atoms with Gasteiger partial charge in [-0.25, -0.2) is 4.79 Å². The van der Waals surface area contributed by atoms with Gasteiger partial charge in [0.2, 0.25) is 0 Å². The third-order valence-corrected chi connectivity index (χ3v) is 4.84. The van der Waals surface area contributed by atoms with E-state index < -0.39 is 17.2 Å². The van der Waals surface area contributed by atoms with Crippen LogP contribution < -0.4 is 21.9 Å². The summed E-state index contributed by atoms with van der Waals surface area (Å²) in [5, 5.41) is 0.680. The van der Waals surface area contributed by atoms with Crippen LogP contribution in [0.3, 0.4) is 0 Å². The van der Waals surface area contributed by atoms with Crippen LogP contribution in [0, 0.1) is 0 Å². The SMILES string of the molecule is CCCCn1c(N)c(N(C)C(=O)/C=C/c2cccc(Cl)c2Cl)c(=O)[nH]c1=O. The number of rotatable bonds is 6. The van der Waals surface area contributed by atoms with Crippen LogP contribution in [-0.2, 0) is 11.3 Å². The molecule has 2 rings (SSSR count). The summed E-state index contributed by atoms with van der Waals surface area (Å²) in [4.78, 5) is 40.0. The standard InChI is InChI=1S/C18H20Cl2N4O3/c1-3-4-10-24-16(21)15(17(26)22-18(24)27)23(2)13(25)9-8-11-6-5-7-12(19)14(11)20/h5-9H,3-4,10,21H2,1-2H3,(H,22,26,27)/b9-8+. The van der Waals surface area contributed by atoms with Crippen molar-refractivity contribution in [1.29, 1.82) is 0 Å². The van der Waals surface area contributed by atoms with Crippen LogP contribution in [0.15, 0.2) is 33.9 Å². The average Bonchev–Trinajstić information content (AvgIpc) is 2.62.